The molecule has 1 aliphatic heterocycles. The van der Waals surface area contributed by atoms with E-state index in [2.05, 4.69) is 54.0 Å². The van der Waals surface area contributed by atoms with E-state index < -0.39 is 0 Å². The second kappa shape index (κ2) is 21.5. The zero-order valence-corrected chi connectivity index (χ0v) is 37.0. The molecule has 2 amide bonds. The van der Waals surface area contributed by atoms with Crippen LogP contribution in [0.4, 0.5) is 0 Å². The first kappa shape index (κ1) is 41.6. The molecule has 0 spiro atoms. The van der Waals surface area contributed by atoms with E-state index >= 15 is 0 Å². The van der Waals surface area contributed by atoms with Gasteiger partial charge >= 0.3 is 0 Å². The van der Waals surface area contributed by atoms with E-state index in [0.29, 0.717) is 11.1 Å². The van der Waals surface area contributed by atoms with Crippen molar-refractivity contribution < 1.29 is 9.59 Å². The summed E-state index contributed by atoms with van der Waals surface area (Å²) in [5.41, 5.74) is 4.05. The van der Waals surface area contributed by atoms with Gasteiger partial charge in [0.05, 0.1) is 19.8 Å². The van der Waals surface area contributed by atoms with Crippen molar-refractivity contribution in [1.29, 1.82) is 0 Å². The molecule has 5 rings (SSSR count). The average molecular weight is 843 g/mol. The van der Waals surface area contributed by atoms with Crippen LogP contribution in [0.5, 0.6) is 0 Å². The number of thiophene rings is 4. The van der Waals surface area contributed by atoms with Crippen molar-refractivity contribution in [3.05, 3.63) is 55.2 Å². The summed E-state index contributed by atoms with van der Waals surface area (Å²) in [6.45, 7) is 6.57. The van der Waals surface area contributed by atoms with Crippen molar-refractivity contribution >= 4 is 73.1 Å². The van der Waals surface area contributed by atoms with Gasteiger partial charge in [-0.25, -0.2) is 0 Å². The number of carbonyl (C=O) groups excluding carboxylic acids is 2. The number of amides is 2. The zero-order valence-electron chi connectivity index (χ0n) is 32.1. The van der Waals surface area contributed by atoms with Gasteiger partial charge in [-0.2, -0.15) is 0 Å². The highest BCUT2D eigenvalue weighted by Gasteiger charge is 2.39. The fourth-order valence-corrected chi connectivity index (χ4v) is 12.8. The molecular weight excluding hydrogens is 783 g/mol. The molecule has 0 aliphatic carbocycles. The van der Waals surface area contributed by atoms with E-state index in [1.807, 2.05) is 40.9 Å². The number of rotatable bonds is 25. The fraction of sp³-hybridized carbons (Fsp3) is 0.591. The molecule has 4 aromatic rings. The number of carbonyl (C=O) groups is 2. The Bertz CT molecular complexity index is 1720. The number of nitrogens with zero attached hydrogens (tertiary/aromatic N) is 1. The largest absolute Gasteiger partial charge is 0.277 e. The van der Waals surface area contributed by atoms with Gasteiger partial charge in [-0.15, -0.1) is 45.3 Å². The van der Waals surface area contributed by atoms with Crippen LogP contribution in [0, 0.1) is 6.92 Å². The van der Waals surface area contributed by atoms with E-state index in [1.54, 1.807) is 18.4 Å². The van der Waals surface area contributed by atoms with Gasteiger partial charge in [0.1, 0.15) is 0 Å². The number of hydrogen-bond acceptors (Lipinski definition) is 6. The van der Waals surface area contributed by atoms with Gasteiger partial charge in [0.25, 0.3) is 11.8 Å². The predicted molar refractivity (Wildman–Crippen MR) is 234 cm³/mol. The molecule has 5 heterocycles. The van der Waals surface area contributed by atoms with Crippen LogP contribution in [-0.4, -0.2) is 23.8 Å². The topological polar surface area (TPSA) is 37.4 Å². The lowest BCUT2D eigenvalue weighted by Crippen LogP contribution is -2.24. The molecule has 1 aliphatic rings. The van der Waals surface area contributed by atoms with Crippen LogP contribution in [0.2, 0.25) is 0 Å². The number of fused-ring (bicyclic) bond motifs is 1. The summed E-state index contributed by atoms with van der Waals surface area (Å²) in [7, 11) is 1.62. The van der Waals surface area contributed by atoms with Crippen molar-refractivity contribution in [2.45, 2.75) is 162 Å². The Morgan fingerprint density at radius 3 is 1.44 bits per heavy atom. The lowest BCUT2D eigenvalue weighted by Gasteiger charge is -2.07. The first-order valence-corrected chi connectivity index (χ1v) is 24.4. The second-order valence-electron chi connectivity index (χ2n) is 14.8. The first-order chi connectivity index (χ1) is 25.3. The molecule has 0 unspecified atom stereocenters. The Labute approximate surface area is 338 Å². The highest BCUT2D eigenvalue weighted by atomic mass is 79.9. The van der Waals surface area contributed by atoms with Gasteiger partial charge in [-0.3, -0.25) is 14.5 Å². The van der Waals surface area contributed by atoms with E-state index in [0.717, 1.165) is 29.0 Å². The third-order valence-electron chi connectivity index (χ3n) is 10.6. The van der Waals surface area contributed by atoms with Crippen molar-refractivity contribution in [3.63, 3.8) is 0 Å². The lowest BCUT2D eigenvalue weighted by atomic mass is 10.0. The molecule has 0 bridgehead atoms. The number of imide groups is 1. The highest BCUT2D eigenvalue weighted by Crippen LogP contribution is 2.50. The van der Waals surface area contributed by atoms with Crippen LogP contribution in [0.25, 0.3) is 29.3 Å². The molecule has 0 aromatic carbocycles. The molecular formula is C44H60BrNO2S4. The monoisotopic (exact) mass is 841 g/mol. The average Bonchev–Trinajstić information content (AvgIpc) is 3.96. The van der Waals surface area contributed by atoms with Crippen molar-refractivity contribution in [1.82, 2.24) is 4.90 Å². The summed E-state index contributed by atoms with van der Waals surface area (Å²) in [6.07, 6.45) is 28.8. The smallest absolute Gasteiger partial charge is 0.262 e. The van der Waals surface area contributed by atoms with Crippen molar-refractivity contribution in [2.75, 3.05) is 7.05 Å². The molecule has 8 heteroatoms. The second-order valence-corrected chi connectivity index (χ2v) is 20.6. The summed E-state index contributed by atoms with van der Waals surface area (Å²) in [4.78, 5) is 36.3. The van der Waals surface area contributed by atoms with E-state index in [4.69, 9.17) is 0 Å². The normalized spacial score (nSPS) is 12.9. The van der Waals surface area contributed by atoms with E-state index in [1.165, 1.54) is 166 Å². The van der Waals surface area contributed by atoms with Gasteiger partial charge in [-0.05, 0) is 83.9 Å². The molecule has 284 valence electrons. The summed E-state index contributed by atoms with van der Waals surface area (Å²) < 4.78 is 1.17. The summed E-state index contributed by atoms with van der Waals surface area (Å²) in [5.74, 6) is -0.311. The lowest BCUT2D eigenvalue weighted by molar-refractivity contribution is 0.0693. The van der Waals surface area contributed by atoms with Gasteiger partial charge in [0, 0.05) is 36.3 Å². The van der Waals surface area contributed by atoms with Gasteiger partial charge in [0.2, 0.25) is 0 Å². The van der Waals surface area contributed by atoms with Gasteiger partial charge in [0.15, 0.2) is 0 Å². The Kier molecular flexibility index (Phi) is 17.2. The number of unbranched alkanes of at least 4 members (excludes halogenated alkanes) is 18. The molecule has 0 fully saturated rings. The zero-order chi connectivity index (χ0) is 36.9. The Morgan fingerprint density at radius 2 is 0.962 bits per heavy atom. The minimum absolute atomic E-state index is 0.153. The SMILES string of the molecule is CCCCCCCCCCCCc1cc(-c2cc(CCCCCCCCCCCC)c(-c3sc(C)c4c3C(=O)N(C)C4=O)s2)sc1-c1ccc(Br)s1. The number of aryl methyl sites for hydroxylation is 3. The quantitative estimate of drug-likeness (QED) is 0.0492. The Morgan fingerprint density at radius 1 is 0.519 bits per heavy atom. The standard InChI is InChI=1S/C44H60BrNO2S4/c1-5-7-9-11-13-15-17-19-21-23-25-32-29-35(51-40(32)34-27-28-37(45)50-34)36-30-33(26-24-22-20-18-16-14-12-10-8-6-2)41(52-36)42-39-38(31(3)49-42)43(47)46(4)44(39)48/h27-30H,5-26H2,1-4H3. The number of halogens is 1. The number of hydrogen-bond donors (Lipinski definition) is 0. The minimum Gasteiger partial charge on any atom is -0.277 e. The Balaban J connectivity index is 1.32. The van der Waals surface area contributed by atoms with Crippen LogP contribution < -0.4 is 0 Å². The molecule has 0 radical (unpaired) electrons. The summed E-state index contributed by atoms with van der Waals surface area (Å²) >= 11 is 10.9. The third kappa shape index (κ3) is 11.0. The maximum absolute atomic E-state index is 13.4. The third-order valence-corrected chi connectivity index (χ3v) is 16.2. The summed E-state index contributed by atoms with van der Waals surface area (Å²) in [5, 5.41) is 0. The predicted octanol–water partition coefficient (Wildman–Crippen LogP) is 16.2. The molecule has 0 saturated carbocycles. The molecule has 52 heavy (non-hydrogen) atoms. The van der Waals surface area contributed by atoms with Crippen LogP contribution in [0.1, 0.15) is 179 Å². The maximum Gasteiger partial charge on any atom is 0.262 e. The van der Waals surface area contributed by atoms with E-state index in [9.17, 15) is 9.59 Å². The Hall–Kier alpha value is -1.58. The van der Waals surface area contributed by atoms with Gasteiger partial charge < -0.3 is 0 Å². The molecule has 0 N–H and O–H groups in total. The first-order valence-electron chi connectivity index (χ1n) is 20.3. The summed E-state index contributed by atoms with van der Waals surface area (Å²) in [6, 6.07) is 9.32. The highest BCUT2D eigenvalue weighted by molar-refractivity contribution is 9.11. The molecule has 3 nitrogen and oxygen atoms in total. The van der Waals surface area contributed by atoms with Crippen LogP contribution in [0.15, 0.2) is 28.1 Å². The van der Waals surface area contributed by atoms with Crippen LogP contribution in [-0.2, 0) is 12.8 Å². The fourth-order valence-electron chi connectivity index (χ4n) is 7.51. The van der Waals surface area contributed by atoms with Crippen molar-refractivity contribution in [2.24, 2.45) is 0 Å². The molecule has 4 aromatic heterocycles. The molecule has 0 saturated heterocycles. The molecule has 0 atom stereocenters. The van der Waals surface area contributed by atoms with Crippen LogP contribution in [0.3, 0.4) is 0 Å². The van der Waals surface area contributed by atoms with Gasteiger partial charge in [-0.1, -0.05) is 129 Å². The van der Waals surface area contributed by atoms with Crippen molar-refractivity contribution in [3.8, 4) is 29.3 Å². The van der Waals surface area contributed by atoms with Crippen LogP contribution >= 0.6 is 61.3 Å². The maximum atomic E-state index is 13.4. The minimum atomic E-state index is -0.158. The van der Waals surface area contributed by atoms with E-state index in [-0.39, 0.29) is 11.8 Å².